The third-order valence-corrected chi connectivity index (χ3v) is 6.39. The highest BCUT2D eigenvalue weighted by Gasteiger charge is 2.18. The molecule has 0 saturated carbocycles. The van der Waals surface area contributed by atoms with Crippen LogP contribution in [0, 0.1) is 11.3 Å². The van der Waals surface area contributed by atoms with Crippen LogP contribution in [0.15, 0.2) is 44.8 Å². The SMILES string of the molecule is COc1cc(C=C(C#N)C(=O)Nc2nc(SC)ns2)cc(Br)c1OC(=O)c1cccs1. The predicted molar refractivity (Wildman–Crippen MR) is 124 cm³/mol. The summed E-state index contributed by atoms with van der Waals surface area (Å²) in [5, 5.41) is 14.6. The second-order valence-corrected chi connectivity index (χ2v) is 8.94. The van der Waals surface area contributed by atoms with Gasteiger partial charge in [0.1, 0.15) is 16.5 Å². The number of hydrogen-bond donors (Lipinski definition) is 1. The van der Waals surface area contributed by atoms with Gasteiger partial charge in [-0.05, 0) is 57.4 Å². The second-order valence-electron chi connectivity index (χ2n) is 5.61. The van der Waals surface area contributed by atoms with Crippen LogP contribution < -0.4 is 14.8 Å². The van der Waals surface area contributed by atoms with E-state index in [0.717, 1.165) is 11.5 Å². The molecule has 1 amide bonds. The molecule has 12 heteroatoms. The van der Waals surface area contributed by atoms with Gasteiger partial charge in [0.05, 0.1) is 11.6 Å². The maximum atomic E-state index is 12.4. The van der Waals surface area contributed by atoms with E-state index in [1.807, 2.05) is 12.3 Å². The van der Waals surface area contributed by atoms with Gasteiger partial charge in [-0.15, -0.1) is 11.3 Å². The minimum absolute atomic E-state index is 0.141. The van der Waals surface area contributed by atoms with Crippen LogP contribution in [0.2, 0.25) is 0 Å². The molecular weight excluding hydrogens is 524 g/mol. The number of aromatic nitrogens is 2. The molecule has 158 valence electrons. The van der Waals surface area contributed by atoms with Gasteiger partial charge in [-0.2, -0.15) is 14.6 Å². The number of benzene rings is 1. The van der Waals surface area contributed by atoms with Gasteiger partial charge in [-0.3, -0.25) is 10.1 Å². The van der Waals surface area contributed by atoms with Crippen molar-refractivity contribution in [3.8, 4) is 17.6 Å². The number of ether oxygens (including phenoxy) is 2. The molecule has 0 bridgehead atoms. The molecule has 0 aliphatic rings. The number of anilines is 1. The lowest BCUT2D eigenvalue weighted by Gasteiger charge is -2.12. The zero-order valence-electron chi connectivity index (χ0n) is 16.0. The quantitative estimate of drug-likeness (QED) is 0.150. The molecule has 0 atom stereocenters. The number of thioether (sulfide) groups is 1. The lowest BCUT2D eigenvalue weighted by molar-refractivity contribution is -0.112. The summed E-state index contributed by atoms with van der Waals surface area (Å²) in [4.78, 5) is 29.3. The number of carbonyl (C=O) groups is 2. The van der Waals surface area contributed by atoms with Crippen molar-refractivity contribution in [3.05, 3.63) is 50.1 Å². The van der Waals surface area contributed by atoms with Gasteiger partial charge in [0.15, 0.2) is 11.5 Å². The topological polar surface area (TPSA) is 114 Å². The van der Waals surface area contributed by atoms with Crippen LogP contribution in [0.1, 0.15) is 15.2 Å². The lowest BCUT2D eigenvalue weighted by atomic mass is 10.1. The maximum Gasteiger partial charge on any atom is 0.353 e. The normalized spacial score (nSPS) is 11.0. The van der Waals surface area contributed by atoms with E-state index in [4.69, 9.17) is 9.47 Å². The average molecular weight is 537 g/mol. The first-order chi connectivity index (χ1) is 14.9. The van der Waals surface area contributed by atoms with Crippen molar-refractivity contribution < 1.29 is 19.1 Å². The van der Waals surface area contributed by atoms with Crippen molar-refractivity contribution in [2.45, 2.75) is 5.16 Å². The van der Waals surface area contributed by atoms with Crippen molar-refractivity contribution in [3.63, 3.8) is 0 Å². The number of amides is 1. The summed E-state index contributed by atoms with van der Waals surface area (Å²) in [5.74, 6) is -0.679. The Balaban J connectivity index is 1.84. The van der Waals surface area contributed by atoms with Crippen LogP contribution in [-0.4, -0.2) is 34.6 Å². The Morgan fingerprint density at radius 2 is 2.19 bits per heavy atom. The van der Waals surface area contributed by atoms with Gasteiger partial charge in [0, 0.05) is 11.5 Å². The maximum absolute atomic E-state index is 12.4. The zero-order valence-corrected chi connectivity index (χ0v) is 20.1. The van der Waals surface area contributed by atoms with E-state index in [0.29, 0.717) is 25.2 Å². The highest BCUT2D eigenvalue weighted by Crippen LogP contribution is 2.38. The van der Waals surface area contributed by atoms with Crippen molar-refractivity contribution in [2.75, 3.05) is 18.7 Å². The van der Waals surface area contributed by atoms with Crippen LogP contribution >= 0.6 is 50.6 Å². The smallest absolute Gasteiger partial charge is 0.353 e. The number of nitriles is 1. The molecule has 0 spiro atoms. The molecule has 2 aromatic heterocycles. The van der Waals surface area contributed by atoms with Crippen molar-refractivity contribution in [1.29, 1.82) is 5.26 Å². The van der Waals surface area contributed by atoms with Crippen molar-refractivity contribution in [1.82, 2.24) is 9.36 Å². The summed E-state index contributed by atoms with van der Waals surface area (Å²) in [7, 11) is 1.43. The number of nitrogens with zero attached hydrogens (tertiary/aromatic N) is 3. The molecule has 3 aromatic rings. The Labute approximate surface area is 198 Å². The Kier molecular flexibility index (Phi) is 7.80. The summed E-state index contributed by atoms with van der Waals surface area (Å²) < 4.78 is 15.3. The van der Waals surface area contributed by atoms with Crippen LogP contribution in [-0.2, 0) is 4.79 Å². The molecular formula is C19H13BrN4O4S3. The number of esters is 1. The molecule has 2 heterocycles. The molecule has 0 aliphatic carbocycles. The van der Waals surface area contributed by atoms with Gasteiger partial charge in [0.2, 0.25) is 10.3 Å². The highest BCUT2D eigenvalue weighted by atomic mass is 79.9. The molecule has 1 N–H and O–H groups in total. The van der Waals surface area contributed by atoms with E-state index in [1.54, 1.807) is 29.6 Å². The minimum atomic E-state index is -0.616. The number of nitrogens with one attached hydrogen (secondary N) is 1. The summed E-state index contributed by atoms with van der Waals surface area (Å²) >= 11 is 6.99. The van der Waals surface area contributed by atoms with Gasteiger partial charge >= 0.3 is 5.97 Å². The van der Waals surface area contributed by atoms with Crippen molar-refractivity contribution >= 4 is 73.6 Å². The fraction of sp³-hybridized carbons (Fsp3) is 0.105. The monoisotopic (exact) mass is 536 g/mol. The van der Waals surface area contributed by atoms with Gasteiger partial charge in [-0.25, -0.2) is 4.79 Å². The third-order valence-electron chi connectivity index (χ3n) is 3.66. The molecule has 0 unspecified atom stereocenters. The van der Waals surface area contributed by atoms with Crippen molar-refractivity contribution in [2.24, 2.45) is 0 Å². The van der Waals surface area contributed by atoms with E-state index in [1.165, 1.54) is 36.3 Å². The van der Waals surface area contributed by atoms with Crippen LogP contribution in [0.3, 0.4) is 0 Å². The molecule has 31 heavy (non-hydrogen) atoms. The number of carbonyl (C=O) groups excluding carboxylic acids is 2. The molecule has 0 fully saturated rings. The highest BCUT2D eigenvalue weighted by molar-refractivity contribution is 9.10. The standard InChI is InChI=1S/C19H13BrN4O4S3/c1-27-13-8-10(7-12(20)15(13)28-17(26)14-4-3-5-30-14)6-11(9-21)16(25)22-18-23-19(29-2)24-31-18/h3-8H,1-2H3,(H,22,23,24,25). The summed E-state index contributed by atoms with van der Waals surface area (Å²) in [5.41, 5.74) is 0.353. The van der Waals surface area contributed by atoms with Gasteiger partial charge in [0.25, 0.3) is 5.91 Å². The van der Waals surface area contributed by atoms with Crippen LogP contribution in [0.25, 0.3) is 6.08 Å². The average Bonchev–Trinajstić information content (AvgIpc) is 3.45. The number of methoxy groups -OCH3 is 1. The molecule has 1 aromatic carbocycles. The van der Waals surface area contributed by atoms with E-state index in [-0.39, 0.29) is 17.1 Å². The Hall–Kier alpha value is -2.72. The summed E-state index contributed by atoms with van der Waals surface area (Å²) in [6.45, 7) is 0. The van der Waals surface area contributed by atoms with E-state index < -0.39 is 11.9 Å². The lowest BCUT2D eigenvalue weighted by Crippen LogP contribution is -2.13. The molecule has 3 rings (SSSR count). The Morgan fingerprint density at radius 1 is 1.39 bits per heavy atom. The molecule has 8 nitrogen and oxygen atoms in total. The first-order valence-corrected chi connectivity index (χ1v) is 12.1. The van der Waals surface area contributed by atoms with E-state index in [2.05, 4.69) is 30.6 Å². The van der Waals surface area contributed by atoms with E-state index in [9.17, 15) is 14.9 Å². The zero-order chi connectivity index (χ0) is 22.4. The number of rotatable bonds is 7. The minimum Gasteiger partial charge on any atom is -0.493 e. The number of halogens is 1. The predicted octanol–water partition coefficient (Wildman–Crippen LogP) is 4.86. The summed E-state index contributed by atoms with van der Waals surface area (Å²) in [6.07, 6.45) is 3.21. The first-order valence-electron chi connectivity index (χ1n) is 8.39. The number of thiophene rings is 1. The Bertz CT molecular complexity index is 1190. The van der Waals surface area contributed by atoms with Gasteiger partial charge < -0.3 is 9.47 Å². The number of hydrogen-bond acceptors (Lipinski definition) is 10. The fourth-order valence-corrected chi connectivity index (χ4v) is 4.54. The van der Waals surface area contributed by atoms with Crippen LogP contribution in [0.5, 0.6) is 11.5 Å². The Morgan fingerprint density at radius 3 is 2.81 bits per heavy atom. The molecule has 0 saturated heterocycles. The van der Waals surface area contributed by atoms with E-state index >= 15 is 0 Å². The largest absolute Gasteiger partial charge is 0.493 e. The van der Waals surface area contributed by atoms with Gasteiger partial charge in [-0.1, -0.05) is 17.8 Å². The summed E-state index contributed by atoms with van der Waals surface area (Å²) in [6, 6.07) is 8.45. The second kappa shape index (κ2) is 10.5. The fourth-order valence-electron chi connectivity index (χ4n) is 2.28. The third kappa shape index (κ3) is 5.71. The molecule has 0 aliphatic heterocycles. The van der Waals surface area contributed by atoms with Crippen LogP contribution in [0.4, 0.5) is 5.13 Å². The molecule has 0 radical (unpaired) electrons. The first kappa shape index (κ1) is 23.0.